The molecular formula is C11H18N2O7S. The summed E-state index contributed by atoms with van der Waals surface area (Å²) in [6.45, 7) is 2.39. The lowest BCUT2D eigenvalue weighted by molar-refractivity contribution is -0.140. The zero-order valence-electron chi connectivity index (χ0n) is 11.6. The molecule has 1 atom stereocenters. The number of nitrogens with zero attached hydrogens (tertiary/aromatic N) is 1. The highest BCUT2D eigenvalue weighted by molar-refractivity contribution is 7.92. The van der Waals surface area contributed by atoms with E-state index in [1.54, 1.807) is 0 Å². The first kappa shape index (κ1) is 17.4. The minimum Gasteiger partial charge on any atom is -0.480 e. The molecule has 1 unspecified atom stereocenters. The predicted octanol–water partition coefficient (Wildman–Crippen LogP) is -2.15. The molecule has 2 amide bonds. The average Bonchev–Trinajstić information content (AvgIpc) is 2.37. The lowest BCUT2D eigenvalue weighted by Gasteiger charge is -2.26. The largest absolute Gasteiger partial charge is 0.480 e. The van der Waals surface area contributed by atoms with Crippen LogP contribution in [0.3, 0.4) is 0 Å². The number of carboxylic acid groups (broad SMARTS) is 1. The summed E-state index contributed by atoms with van der Waals surface area (Å²) in [4.78, 5) is 35.0. The molecule has 1 aliphatic rings. The Morgan fingerprint density at radius 3 is 2.33 bits per heavy atom. The molecule has 0 aromatic heterocycles. The van der Waals surface area contributed by atoms with E-state index in [0.717, 1.165) is 6.92 Å². The molecule has 0 saturated carbocycles. The molecule has 0 spiro atoms. The van der Waals surface area contributed by atoms with Crippen LogP contribution in [0.25, 0.3) is 0 Å². The van der Waals surface area contributed by atoms with Gasteiger partial charge in [-0.15, -0.1) is 0 Å². The van der Waals surface area contributed by atoms with Crippen molar-refractivity contribution in [3.05, 3.63) is 0 Å². The molecule has 0 aliphatic carbocycles. The van der Waals surface area contributed by atoms with Gasteiger partial charge in [0, 0.05) is 20.0 Å². The van der Waals surface area contributed by atoms with E-state index in [-0.39, 0.29) is 0 Å². The molecule has 2 N–H and O–H groups in total. The number of carboxylic acids is 1. The molecule has 9 nitrogen and oxygen atoms in total. The fourth-order valence-corrected chi connectivity index (χ4v) is 3.24. The minimum absolute atomic E-state index is 0.308. The van der Waals surface area contributed by atoms with Crippen molar-refractivity contribution in [1.82, 2.24) is 10.2 Å². The first-order chi connectivity index (χ1) is 9.71. The Bertz CT molecular complexity index is 511. The first-order valence-corrected chi connectivity index (χ1v) is 8.09. The molecule has 0 aromatic carbocycles. The summed E-state index contributed by atoms with van der Waals surface area (Å²) in [5.41, 5.74) is 0. The fraction of sp³-hybridized carbons (Fsp3) is 0.727. The zero-order chi connectivity index (χ0) is 16.0. The third kappa shape index (κ3) is 6.08. The summed E-state index contributed by atoms with van der Waals surface area (Å²) in [5.74, 6) is -4.32. The Kier molecular flexibility index (Phi) is 6.09. The Labute approximate surface area is 122 Å². The normalized spacial score (nSPS) is 17.1. The van der Waals surface area contributed by atoms with Crippen LogP contribution in [0, 0.1) is 0 Å². The maximum atomic E-state index is 11.9. The van der Waals surface area contributed by atoms with Gasteiger partial charge in [0.2, 0.25) is 11.8 Å². The van der Waals surface area contributed by atoms with Gasteiger partial charge in [0.15, 0.2) is 9.84 Å². The fourth-order valence-electron chi connectivity index (χ4n) is 1.83. The van der Waals surface area contributed by atoms with Gasteiger partial charge in [-0.2, -0.15) is 0 Å². The molecule has 0 bridgehead atoms. The van der Waals surface area contributed by atoms with Crippen LogP contribution in [0.4, 0.5) is 0 Å². The van der Waals surface area contributed by atoms with E-state index in [1.807, 2.05) is 5.32 Å². The monoisotopic (exact) mass is 322 g/mol. The predicted molar refractivity (Wildman–Crippen MR) is 71.3 cm³/mol. The number of morpholine rings is 1. The molecule has 1 rings (SSSR count). The third-order valence-electron chi connectivity index (χ3n) is 2.80. The van der Waals surface area contributed by atoms with Crippen LogP contribution in [0.1, 0.15) is 6.92 Å². The number of carbonyl (C=O) groups is 3. The molecule has 21 heavy (non-hydrogen) atoms. The summed E-state index contributed by atoms with van der Waals surface area (Å²) in [7, 11) is -3.95. The number of amides is 2. The molecule has 0 radical (unpaired) electrons. The van der Waals surface area contributed by atoms with Crippen molar-refractivity contribution in [3.8, 4) is 0 Å². The summed E-state index contributed by atoms with van der Waals surface area (Å²) in [6.07, 6.45) is 0. The summed E-state index contributed by atoms with van der Waals surface area (Å²) >= 11 is 0. The number of carbonyl (C=O) groups excluding carboxylic acids is 2. The van der Waals surface area contributed by atoms with Crippen molar-refractivity contribution in [3.63, 3.8) is 0 Å². The SMILES string of the molecule is CC(=O)NC(CS(=O)(=O)CC(=O)N1CCOCC1)C(=O)O. The van der Waals surface area contributed by atoms with Crippen LogP contribution in [-0.4, -0.2) is 80.1 Å². The number of hydrogen-bond donors (Lipinski definition) is 2. The van der Waals surface area contributed by atoms with Crippen LogP contribution >= 0.6 is 0 Å². The van der Waals surface area contributed by atoms with Crippen molar-refractivity contribution in [2.45, 2.75) is 13.0 Å². The standard InChI is InChI=1S/C11H18N2O7S/c1-8(14)12-9(11(16)17)6-21(18,19)7-10(15)13-2-4-20-5-3-13/h9H,2-7H2,1H3,(H,12,14)(H,16,17). The quantitative estimate of drug-likeness (QED) is 0.570. The van der Waals surface area contributed by atoms with Crippen LogP contribution in [0.15, 0.2) is 0 Å². The smallest absolute Gasteiger partial charge is 0.327 e. The average molecular weight is 322 g/mol. The summed E-state index contributed by atoms with van der Waals surface area (Å²) in [6, 6.07) is -1.56. The highest BCUT2D eigenvalue weighted by Gasteiger charge is 2.29. The topological polar surface area (TPSA) is 130 Å². The van der Waals surface area contributed by atoms with E-state index in [0.29, 0.717) is 26.3 Å². The molecule has 1 heterocycles. The van der Waals surface area contributed by atoms with Gasteiger partial charge < -0.3 is 20.1 Å². The Morgan fingerprint density at radius 2 is 1.86 bits per heavy atom. The Morgan fingerprint density at radius 1 is 1.29 bits per heavy atom. The summed E-state index contributed by atoms with van der Waals surface area (Å²) < 4.78 is 28.8. The molecule has 1 saturated heterocycles. The number of nitrogens with one attached hydrogen (secondary N) is 1. The molecular weight excluding hydrogens is 304 g/mol. The van der Waals surface area contributed by atoms with E-state index >= 15 is 0 Å². The molecule has 0 aromatic rings. The van der Waals surface area contributed by atoms with Gasteiger partial charge in [-0.1, -0.05) is 0 Å². The molecule has 10 heteroatoms. The van der Waals surface area contributed by atoms with Gasteiger partial charge in [0.25, 0.3) is 0 Å². The van der Waals surface area contributed by atoms with E-state index in [9.17, 15) is 22.8 Å². The number of rotatable bonds is 6. The second-order valence-corrected chi connectivity index (χ2v) is 6.75. The van der Waals surface area contributed by atoms with Crippen LogP contribution < -0.4 is 5.32 Å². The molecule has 1 fully saturated rings. The van der Waals surface area contributed by atoms with Gasteiger partial charge >= 0.3 is 5.97 Å². The van der Waals surface area contributed by atoms with Crippen molar-refractivity contribution in [2.75, 3.05) is 37.8 Å². The lowest BCUT2D eigenvalue weighted by Crippen LogP contribution is -2.47. The van der Waals surface area contributed by atoms with Gasteiger partial charge in [-0.3, -0.25) is 9.59 Å². The first-order valence-electron chi connectivity index (χ1n) is 6.27. The maximum Gasteiger partial charge on any atom is 0.327 e. The second kappa shape index (κ2) is 7.36. The van der Waals surface area contributed by atoms with Gasteiger partial charge in [0.1, 0.15) is 11.8 Å². The van der Waals surface area contributed by atoms with Crippen LogP contribution in [0.5, 0.6) is 0 Å². The highest BCUT2D eigenvalue weighted by Crippen LogP contribution is 2.03. The van der Waals surface area contributed by atoms with Crippen molar-refractivity contribution < 1.29 is 32.6 Å². The minimum atomic E-state index is -3.95. The maximum absolute atomic E-state index is 11.9. The molecule has 1 aliphatic heterocycles. The number of hydrogen-bond acceptors (Lipinski definition) is 6. The number of ether oxygens (including phenoxy) is 1. The second-order valence-electron chi connectivity index (χ2n) is 4.64. The number of aliphatic carboxylic acids is 1. The van der Waals surface area contributed by atoms with E-state index in [2.05, 4.69) is 0 Å². The zero-order valence-corrected chi connectivity index (χ0v) is 12.4. The van der Waals surface area contributed by atoms with Gasteiger partial charge in [0.05, 0.1) is 19.0 Å². The van der Waals surface area contributed by atoms with Gasteiger partial charge in [-0.25, -0.2) is 13.2 Å². The van der Waals surface area contributed by atoms with Crippen molar-refractivity contribution in [1.29, 1.82) is 0 Å². The van der Waals surface area contributed by atoms with Crippen molar-refractivity contribution in [2.24, 2.45) is 0 Å². The van der Waals surface area contributed by atoms with Gasteiger partial charge in [-0.05, 0) is 0 Å². The Hall–Kier alpha value is -1.68. The third-order valence-corrected chi connectivity index (χ3v) is 4.33. The van der Waals surface area contributed by atoms with E-state index in [1.165, 1.54) is 4.90 Å². The lowest BCUT2D eigenvalue weighted by atomic mass is 10.3. The Balaban J connectivity index is 2.64. The van der Waals surface area contributed by atoms with Crippen molar-refractivity contribution >= 4 is 27.6 Å². The summed E-state index contributed by atoms with van der Waals surface area (Å²) in [5, 5.41) is 10.9. The molecule has 120 valence electrons. The number of sulfone groups is 1. The van der Waals surface area contributed by atoms with Crippen LogP contribution in [-0.2, 0) is 29.0 Å². The highest BCUT2D eigenvalue weighted by atomic mass is 32.2. The van der Waals surface area contributed by atoms with E-state index in [4.69, 9.17) is 9.84 Å². The van der Waals surface area contributed by atoms with Crippen LogP contribution in [0.2, 0.25) is 0 Å². The van der Waals surface area contributed by atoms with E-state index < -0.39 is 45.2 Å².